The van der Waals surface area contributed by atoms with Crippen LogP contribution in [0.1, 0.15) is 18.1 Å². The molecule has 33 heavy (non-hydrogen) atoms. The Kier molecular flexibility index (Phi) is 8.31. The molecular formula is C23H25F2N3O5. The smallest absolute Gasteiger partial charge is 0.387 e. The average molecular weight is 461 g/mol. The van der Waals surface area contributed by atoms with Gasteiger partial charge in [-0.25, -0.2) is 0 Å². The van der Waals surface area contributed by atoms with Crippen molar-refractivity contribution in [2.24, 2.45) is 0 Å². The summed E-state index contributed by atoms with van der Waals surface area (Å²) in [7, 11) is 0. The molecule has 0 unspecified atom stereocenters. The SMILES string of the molecule is CCOc1cc(/C=C/C(=O)N2CCN(Cc3cccc([N+](=O)[O-])c3)CC2)ccc1OC(F)F. The van der Waals surface area contributed by atoms with Crippen LogP contribution in [0.3, 0.4) is 0 Å². The van der Waals surface area contributed by atoms with Gasteiger partial charge in [0, 0.05) is 50.9 Å². The van der Waals surface area contributed by atoms with Crippen molar-refractivity contribution < 1.29 is 28.0 Å². The fourth-order valence-electron chi connectivity index (χ4n) is 3.52. The molecule has 1 amide bonds. The van der Waals surface area contributed by atoms with Gasteiger partial charge in [-0.2, -0.15) is 8.78 Å². The molecule has 1 saturated heterocycles. The zero-order valence-electron chi connectivity index (χ0n) is 18.2. The molecule has 2 aromatic carbocycles. The lowest BCUT2D eigenvalue weighted by atomic mass is 10.1. The maximum atomic E-state index is 12.6. The minimum absolute atomic E-state index is 0.0600. The predicted molar refractivity (Wildman–Crippen MR) is 118 cm³/mol. The van der Waals surface area contributed by atoms with Crippen LogP contribution in [0.4, 0.5) is 14.5 Å². The van der Waals surface area contributed by atoms with Gasteiger partial charge >= 0.3 is 6.61 Å². The van der Waals surface area contributed by atoms with Gasteiger partial charge in [-0.15, -0.1) is 0 Å². The molecule has 1 aliphatic rings. The number of nitrogens with zero attached hydrogens (tertiary/aromatic N) is 3. The van der Waals surface area contributed by atoms with Crippen LogP contribution in [-0.4, -0.2) is 60.0 Å². The van der Waals surface area contributed by atoms with E-state index in [-0.39, 0.29) is 29.7 Å². The van der Waals surface area contributed by atoms with Gasteiger partial charge in [0.2, 0.25) is 5.91 Å². The van der Waals surface area contributed by atoms with Gasteiger partial charge in [-0.05, 0) is 36.3 Å². The molecule has 1 heterocycles. The molecule has 0 aliphatic carbocycles. The third kappa shape index (κ3) is 6.98. The molecule has 8 nitrogen and oxygen atoms in total. The third-order valence-corrected chi connectivity index (χ3v) is 5.11. The molecule has 3 rings (SSSR count). The highest BCUT2D eigenvalue weighted by atomic mass is 19.3. The van der Waals surface area contributed by atoms with Gasteiger partial charge in [-0.3, -0.25) is 19.8 Å². The molecule has 2 aromatic rings. The average Bonchev–Trinajstić information content (AvgIpc) is 2.79. The van der Waals surface area contributed by atoms with Crippen LogP contribution in [0.2, 0.25) is 0 Å². The van der Waals surface area contributed by atoms with Gasteiger partial charge in [0.15, 0.2) is 11.5 Å². The van der Waals surface area contributed by atoms with Gasteiger partial charge in [0.25, 0.3) is 5.69 Å². The van der Waals surface area contributed by atoms with Crippen LogP contribution in [0.25, 0.3) is 6.08 Å². The molecule has 0 saturated carbocycles. The minimum Gasteiger partial charge on any atom is -0.490 e. The zero-order chi connectivity index (χ0) is 23.8. The van der Waals surface area contributed by atoms with Crippen molar-refractivity contribution in [1.29, 1.82) is 0 Å². The first-order chi connectivity index (χ1) is 15.9. The van der Waals surface area contributed by atoms with Crippen molar-refractivity contribution in [2.45, 2.75) is 20.1 Å². The monoisotopic (exact) mass is 461 g/mol. The number of alkyl halides is 2. The Bertz CT molecular complexity index is 1010. The Balaban J connectivity index is 1.55. The quantitative estimate of drug-likeness (QED) is 0.319. The number of amides is 1. The highest BCUT2D eigenvalue weighted by Crippen LogP contribution is 2.30. The Morgan fingerprint density at radius 3 is 2.58 bits per heavy atom. The van der Waals surface area contributed by atoms with Crippen molar-refractivity contribution >= 4 is 17.7 Å². The minimum atomic E-state index is -2.96. The number of benzene rings is 2. The zero-order valence-corrected chi connectivity index (χ0v) is 18.2. The van der Waals surface area contributed by atoms with Gasteiger partial charge in [-0.1, -0.05) is 18.2 Å². The van der Waals surface area contributed by atoms with Crippen molar-refractivity contribution in [2.75, 3.05) is 32.8 Å². The van der Waals surface area contributed by atoms with Crippen LogP contribution < -0.4 is 9.47 Å². The van der Waals surface area contributed by atoms with Crippen molar-refractivity contribution in [1.82, 2.24) is 9.80 Å². The van der Waals surface area contributed by atoms with Gasteiger partial charge in [0.05, 0.1) is 11.5 Å². The van der Waals surface area contributed by atoms with Crippen molar-refractivity contribution in [3.63, 3.8) is 0 Å². The number of piperazine rings is 1. The van der Waals surface area contributed by atoms with E-state index < -0.39 is 11.5 Å². The third-order valence-electron chi connectivity index (χ3n) is 5.11. The molecule has 176 valence electrons. The summed E-state index contributed by atoms with van der Waals surface area (Å²) in [6, 6.07) is 11.0. The summed E-state index contributed by atoms with van der Waals surface area (Å²) in [5.74, 6) is -0.0341. The molecule has 0 atom stereocenters. The number of non-ortho nitro benzene ring substituents is 1. The predicted octanol–water partition coefficient (Wildman–Crippen LogP) is 3.95. The topological polar surface area (TPSA) is 85.2 Å². The summed E-state index contributed by atoms with van der Waals surface area (Å²) >= 11 is 0. The van der Waals surface area contributed by atoms with Crippen LogP contribution >= 0.6 is 0 Å². The summed E-state index contributed by atoms with van der Waals surface area (Å²) in [6.07, 6.45) is 3.04. The largest absolute Gasteiger partial charge is 0.490 e. The van der Waals surface area contributed by atoms with Crippen LogP contribution in [0, 0.1) is 10.1 Å². The van der Waals surface area contributed by atoms with E-state index in [1.54, 1.807) is 42.2 Å². The Morgan fingerprint density at radius 2 is 1.91 bits per heavy atom. The maximum absolute atomic E-state index is 12.6. The van der Waals surface area contributed by atoms with E-state index in [0.717, 1.165) is 5.56 Å². The maximum Gasteiger partial charge on any atom is 0.387 e. The molecule has 0 N–H and O–H groups in total. The highest BCUT2D eigenvalue weighted by molar-refractivity contribution is 5.92. The van der Waals surface area contributed by atoms with Gasteiger partial charge in [0.1, 0.15) is 0 Å². The molecule has 0 bridgehead atoms. The van der Waals surface area contributed by atoms with Gasteiger partial charge < -0.3 is 14.4 Å². The van der Waals surface area contributed by atoms with E-state index in [9.17, 15) is 23.7 Å². The number of nitro groups is 1. The summed E-state index contributed by atoms with van der Waals surface area (Å²) in [5, 5.41) is 10.9. The van der Waals surface area contributed by atoms with Crippen LogP contribution in [-0.2, 0) is 11.3 Å². The molecule has 1 aliphatic heterocycles. The number of ether oxygens (including phenoxy) is 2. The molecule has 1 fully saturated rings. The van der Waals surface area contributed by atoms with E-state index in [1.807, 2.05) is 6.07 Å². The normalized spacial score (nSPS) is 14.6. The number of carbonyl (C=O) groups is 1. The van der Waals surface area contributed by atoms with Crippen molar-refractivity contribution in [3.8, 4) is 11.5 Å². The molecule has 0 aromatic heterocycles. The second kappa shape index (κ2) is 11.4. The molecular weight excluding hydrogens is 436 g/mol. The molecule has 0 spiro atoms. The second-order valence-electron chi connectivity index (χ2n) is 7.38. The Labute approximate surface area is 190 Å². The lowest BCUT2D eigenvalue weighted by Crippen LogP contribution is -2.47. The molecule has 0 radical (unpaired) electrons. The number of hydrogen-bond acceptors (Lipinski definition) is 6. The summed E-state index contributed by atoms with van der Waals surface area (Å²) < 4.78 is 34.9. The standard InChI is InChI=1S/C23H25F2N3O5/c1-2-32-21-15-17(6-8-20(21)33-23(24)25)7-9-22(29)27-12-10-26(11-13-27)16-18-4-3-5-19(14-18)28(30)31/h3-9,14-15,23H,2,10-13,16H2,1H3/b9-7+. The summed E-state index contributed by atoms with van der Waals surface area (Å²) in [6.45, 7) is 2.00. The number of nitro benzene ring substituents is 1. The molecule has 10 heteroatoms. The van der Waals surface area contributed by atoms with E-state index in [0.29, 0.717) is 38.3 Å². The highest BCUT2D eigenvalue weighted by Gasteiger charge is 2.20. The first-order valence-corrected chi connectivity index (χ1v) is 10.5. The number of carbonyl (C=O) groups excluding carboxylic acids is 1. The van der Waals surface area contributed by atoms with E-state index >= 15 is 0 Å². The second-order valence-corrected chi connectivity index (χ2v) is 7.38. The number of hydrogen-bond donors (Lipinski definition) is 0. The van der Waals surface area contributed by atoms with E-state index in [4.69, 9.17) is 4.74 Å². The first-order valence-electron chi connectivity index (χ1n) is 10.5. The lowest BCUT2D eigenvalue weighted by molar-refractivity contribution is -0.384. The number of rotatable bonds is 9. The van der Waals surface area contributed by atoms with E-state index in [1.165, 1.54) is 18.2 Å². The van der Waals surface area contributed by atoms with Crippen LogP contribution in [0.15, 0.2) is 48.5 Å². The Morgan fingerprint density at radius 1 is 1.15 bits per heavy atom. The first kappa shape index (κ1) is 24.1. The van der Waals surface area contributed by atoms with Crippen LogP contribution in [0.5, 0.6) is 11.5 Å². The Hall–Kier alpha value is -3.53. The van der Waals surface area contributed by atoms with E-state index in [2.05, 4.69) is 9.64 Å². The fourth-order valence-corrected chi connectivity index (χ4v) is 3.52. The number of halogens is 2. The summed E-state index contributed by atoms with van der Waals surface area (Å²) in [5.41, 5.74) is 1.54. The summed E-state index contributed by atoms with van der Waals surface area (Å²) in [4.78, 5) is 27.0. The van der Waals surface area contributed by atoms with Crippen molar-refractivity contribution in [3.05, 3.63) is 69.8 Å². The lowest BCUT2D eigenvalue weighted by Gasteiger charge is -2.34. The fraction of sp³-hybridized carbons (Fsp3) is 0.348.